The molecule has 2 N–H and O–H groups in total. The number of primary amides is 1. The van der Waals surface area contributed by atoms with Gasteiger partial charge in [-0.05, 0) is 24.3 Å². The highest BCUT2D eigenvalue weighted by atomic mass is 16.3. The van der Waals surface area contributed by atoms with Crippen LogP contribution in [-0.2, 0) is 0 Å². The molecule has 2 aromatic rings. The molecule has 4 nitrogen and oxygen atoms in total. The number of rotatable bonds is 2. The quantitative estimate of drug-likeness (QED) is 0.825. The average Bonchev–Trinajstić information content (AvgIpc) is 2.78. The number of furan rings is 1. The second-order valence-corrected chi connectivity index (χ2v) is 3.19. The molecule has 1 aromatic carbocycles. The van der Waals surface area contributed by atoms with Gasteiger partial charge in [-0.2, -0.15) is 5.26 Å². The van der Waals surface area contributed by atoms with Crippen molar-refractivity contribution in [2.24, 2.45) is 5.73 Å². The minimum Gasteiger partial charge on any atom is -0.451 e. The lowest BCUT2D eigenvalue weighted by Crippen LogP contribution is -2.09. The largest absolute Gasteiger partial charge is 0.451 e. The summed E-state index contributed by atoms with van der Waals surface area (Å²) in [5.74, 6) is -0.0746. The van der Waals surface area contributed by atoms with Crippen LogP contribution in [0.2, 0.25) is 0 Å². The van der Waals surface area contributed by atoms with Crippen LogP contribution in [-0.4, -0.2) is 5.91 Å². The first-order chi connectivity index (χ1) is 7.72. The summed E-state index contributed by atoms with van der Waals surface area (Å²) in [6.45, 7) is 0. The number of nitriles is 1. The van der Waals surface area contributed by atoms with Gasteiger partial charge in [0.05, 0.1) is 11.6 Å². The fourth-order valence-corrected chi connectivity index (χ4v) is 1.41. The number of amides is 1. The molecule has 78 valence electrons. The van der Waals surface area contributed by atoms with Crippen LogP contribution in [0, 0.1) is 11.3 Å². The molecule has 0 saturated carbocycles. The zero-order chi connectivity index (χ0) is 11.5. The number of nitrogens with zero attached hydrogens (tertiary/aromatic N) is 1. The Morgan fingerprint density at radius 1 is 1.25 bits per heavy atom. The summed E-state index contributed by atoms with van der Waals surface area (Å²) in [6.07, 6.45) is 0. The lowest BCUT2D eigenvalue weighted by molar-refractivity contribution is 0.0974. The van der Waals surface area contributed by atoms with Crippen LogP contribution in [0.4, 0.5) is 0 Å². The molecule has 0 fully saturated rings. The molecular formula is C12H8N2O2. The van der Waals surface area contributed by atoms with Gasteiger partial charge < -0.3 is 10.2 Å². The Kier molecular flexibility index (Phi) is 2.44. The van der Waals surface area contributed by atoms with Gasteiger partial charge in [0.2, 0.25) is 0 Å². The smallest absolute Gasteiger partial charge is 0.284 e. The number of carbonyl (C=O) groups is 1. The van der Waals surface area contributed by atoms with Crippen LogP contribution in [0.15, 0.2) is 40.8 Å². The molecule has 0 radical (unpaired) electrons. The maximum Gasteiger partial charge on any atom is 0.284 e. The fourth-order valence-electron chi connectivity index (χ4n) is 1.41. The van der Waals surface area contributed by atoms with Crippen molar-refractivity contribution in [1.29, 1.82) is 5.26 Å². The van der Waals surface area contributed by atoms with E-state index < -0.39 is 5.91 Å². The molecular weight excluding hydrogens is 204 g/mol. The molecule has 0 unspecified atom stereocenters. The second kappa shape index (κ2) is 3.91. The highest BCUT2D eigenvalue weighted by Crippen LogP contribution is 2.25. The van der Waals surface area contributed by atoms with E-state index in [-0.39, 0.29) is 5.76 Å². The third-order valence-electron chi connectivity index (χ3n) is 2.16. The highest BCUT2D eigenvalue weighted by Gasteiger charge is 2.11. The topological polar surface area (TPSA) is 80.0 Å². The predicted molar refractivity (Wildman–Crippen MR) is 57.4 cm³/mol. The third kappa shape index (κ3) is 1.66. The van der Waals surface area contributed by atoms with Crippen LogP contribution in [0.25, 0.3) is 11.3 Å². The van der Waals surface area contributed by atoms with E-state index in [2.05, 4.69) is 6.07 Å². The van der Waals surface area contributed by atoms with Crippen molar-refractivity contribution in [1.82, 2.24) is 0 Å². The Bertz CT molecular complexity index is 579. The second-order valence-electron chi connectivity index (χ2n) is 3.19. The van der Waals surface area contributed by atoms with Crippen LogP contribution in [0.5, 0.6) is 0 Å². The van der Waals surface area contributed by atoms with Gasteiger partial charge in [-0.15, -0.1) is 0 Å². The average molecular weight is 212 g/mol. The van der Waals surface area contributed by atoms with Gasteiger partial charge in [0, 0.05) is 5.56 Å². The molecule has 0 aliphatic carbocycles. The maximum absolute atomic E-state index is 10.9. The lowest BCUT2D eigenvalue weighted by atomic mass is 10.1. The minimum absolute atomic E-state index is 0.0859. The van der Waals surface area contributed by atoms with E-state index in [9.17, 15) is 4.79 Å². The first-order valence-electron chi connectivity index (χ1n) is 4.61. The van der Waals surface area contributed by atoms with Crippen molar-refractivity contribution < 1.29 is 9.21 Å². The summed E-state index contributed by atoms with van der Waals surface area (Å²) < 4.78 is 5.25. The molecule has 16 heavy (non-hydrogen) atoms. The summed E-state index contributed by atoms with van der Waals surface area (Å²) in [7, 11) is 0. The highest BCUT2D eigenvalue weighted by molar-refractivity contribution is 5.90. The summed E-state index contributed by atoms with van der Waals surface area (Å²) in [4.78, 5) is 10.9. The summed E-state index contributed by atoms with van der Waals surface area (Å²) in [5.41, 5.74) is 6.22. The Balaban J connectivity index is 2.51. The van der Waals surface area contributed by atoms with Gasteiger partial charge in [0.25, 0.3) is 5.91 Å². The van der Waals surface area contributed by atoms with Gasteiger partial charge >= 0.3 is 0 Å². The Labute approximate surface area is 91.9 Å². The molecule has 4 heteroatoms. The van der Waals surface area contributed by atoms with Gasteiger partial charge in [-0.1, -0.05) is 12.1 Å². The van der Waals surface area contributed by atoms with Crippen molar-refractivity contribution in [3.63, 3.8) is 0 Å². The van der Waals surface area contributed by atoms with E-state index in [1.54, 1.807) is 30.3 Å². The zero-order valence-corrected chi connectivity index (χ0v) is 8.31. The monoisotopic (exact) mass is 212 g/mol. The van der Waals surface area contributed by atoms with Gasteiger partial charge in [-0.3, -0.25) is 4.79 Å². The van der Waals surface area contributed by atoms with Crippen molar-refractivity contribution >= 4 is 5.91 Å². The van der Waals surface area contributed by atoms with Crippen LogP contribution in [0.1, 0.15) is 16.1 Å². The van der Waals surface area contributed by atoms with E-state index in [0.717, 1.165) is 0 Å². The van der Waals surface area contributed by atoms with Crippen LogP contribution in [0.3, 0.4) is 0 Å². The van der Waals surface area contributed by atoms with E-state index in [0.29, 0.717) is 16.9 Å². The van der Waals surface area contributed by atoms with Crippen LogP contribution >= 0.6 is 0 Å². The molecule has 0 bridgehead atoms. The maximum atomic E-state index is 10.9. The number of benzene rings is 1. The number of carbonyl (C=O) groups excluding carboxylic acids is 1. The fraction of sp³-hybridized carbons (Fsp3) is 0. The minimum atomic E-state index is -0.624. The Morgan fingerprint density at radius 3 is 2.62 bits per heavy atom. The Morgan fingerprint density at radius 2 is 2.00 bits per heavy atom. The first-order valence-corrected chi connectivity index (χ1v) is 4.61. The standard InChI is InChI=1S/C12H8N2O2/c13-7-8-3-1-2-4-9(8)10-5-6-11(16-10)12(14)15/h1-6H,(H2,14,15). The van der Waals surface area contributed by atoms with Crippen molar-refractivity contribution in [2.45, 2.75) is 0 Å². The normalized spacial score (nSPS) is 9.69. The molecule has 0 atom stereocenters. The molecule has 2 rings (SSSR count). The van der Waals surface area contributed by atoms with E-state index >= 15 is 0 Å². The lowest BCUT2D eigenvalue weighted by Gasteiger charge is -1.98. The van der Waals surface area contributed by atoms with Crippen LogP contribution < -0.4 is 5.73 Å². The molecule has 0 aliphatic rings. The summed E-state index contributed by atoms with van der Waals surface area (Å²) in [6, 6.07) is 12.2. The number of nitrogens with two attached hydrogens (primary N) is 1. The number of hydrogen-bond donors (Lipinski definition) is 1. The predicted octanol–water partition coefficient (Wildman–Crippen LogP) is 1.92. The molecule has 1 aromatic heterocycles. The molecule has 0 spiro atoms. The Hall–Kier alpha value is -2.54. The molecule has 1 heterocycles. The van der Waals surface area contributed by atoms with E-state index in [1.807, 2.05) is 0 Å². The van der Waals surface area contributed by atoms with E-state index in [1.165, 1.54) is 6.07 Å². The SMILES string of the molecule is N#Cc1ccccc1-c1ccc(C(N)=O)o1. The van der Waals surface area contributed by atoms with Crippen molar-refractivity contribution in [3.05, 3.63) is 47.7 Å². The zero-order valence-electron chi connectivity index (χ0n) is 8.31. The van der Waals surface area contributed by atoms with Gasteiger partial charge in [-0.25, -0.2) is 0 Å². The molecule has 1 amide bonds. The van der Waals surface area contributed by atoms with Gasteiger partial charge in [0.15, 0.2) is 5.76 Å². The number of hydrogen-bond acceptors (Lipinski definition) is 3. The molecule has 0 aliphatic heterocycles. The van der Waals surface area contributed by atoms with Crippen molar-refractivity contribution in [3.8, 4) is 17.4 Å². The summed E-state index contributed by atoms with van der Waals surface area (Å²) >= 11 is 0. The summed E-state index contributed by atoms with van der Waals surface area (Å²) in [5, 5.41) is 8.91. The van der Waals surface area contributed by atoms with Gasteiger partial charge in [0.1, 0.15) is 5.76 Å². The van der Waals surface area contributed by atoms with Crippen molar-refractivity contribution in [2.75, 3.05) is 0 Å². The molecule has 0 saturated heterocycles. The van der Waals surface area contributed by atoms with E-state index in [4.69, 9.17) is 15.4 Å². The third-order valence-corrected chi connectivity index (χ3v) is 2.16. The first kappa shape index (κ1) is 9.99.